The molecule has 0 unspecified atom stereocenters. The summed E-state index contributed by atoms with van der Waals surface area (Å²) in [7, 11) is 0. The summed E-state index contributed by atoms with van der Waals surface area (Å²) in [6.07, 6.45) is 1.33. The maximum absolute atomic E-state index is 11.8. The molecule has 0 aromatic carbocycles. The molecule has 1 aliphatic heterocycles. The SMILES string of the molecule is CC(C)(C)OC(=O)N[C@@H](C(=O)O)[C@H](O)c1ccc(N2CCCC2)nc1. The van der Waals surface area contributed by atoms with Crippen molar-refractivity contribution in [3.05, 3.63) is 23.9 Å². The molecule has 1 amide bonds. The van der Waals surface area contributed by atoms with E-state index in [1.54, 1.807) is 32.9 Å². The number of alkyl carbamates (subject to hydrolysis) is 1. The first-order valence-electron chi connectivity index (χ1n) is 8.28. The van der Waals surface area contributed by atoms with Crippen molar-refractivity contribution in [2.45, 2.75) is 51.4 Å². The number of carboxylic acids is 1. The van der Waals surface area contributed by atoms with E-state index < -0.39 is 29.8 Å². The van der Waals surface area contributed by atoms with Crippen LogP contribution in [0.1, 0.15) is 45.3 Å². The first-order chi connectivity index (χ1) is 11.7. The lowest BCUT2D eigenvalue weighted by atomic mass is 10.0. The average molecular weight is 351 g/mol. The van der Waals surface area contributed by atoms with Crippen LogP contribution in [0.15, 0.2) is 18.3 Å². The van der Waals surface area contributed by atoms with Crippen molar-refractivity contribution in [1.29, 1.82) is 0 Å². The molecular formula is C17H25N3O5. The van der Waals surface area contributed by atoms with Crippen molar-refractivity contribution in [3.63, 3.8) is 0 Å². The van der Waals surface area contributed by atoms with Crippen LogP contribution in [0, 0.1) is 0 Å². The molecule has 0 spiro atoms. The molecule has 1 aromatic heterocycles. The first-order valence-corrected chi connectivity index (χ1v) is 8.28. The molecule has 1 aromatic rings. The molecule has 0 saturated carbocycles. The maximum atomic E-state index is 11.8. The summed E-state index contributed by atoms with van der Waals surface area (Å²) in [5.41, 5.74) is -0.455. The van der Waals surface area contributed by atoms with Gasteiger partial charge in [0.15, 0.2) is 6.04 Å². The van der Waals surface area contributed by atoms with Crippen molar-refractivity contribution < 1.29 is 24.5 Å². The van der Waals surface area contributed by atoms with Gasteiger partial charge in [-0.3, -0.25) is 0 Å². The number of carboxylic acid groups (broad SMARTS) is 1. The quantitative estimate of drug-likeness (QED) is 0.740. The largest absolute Gasteiger partial charge is 0.480 e. The number of carbonyl (C=O) groups excluding carboxylic acids is 1. The second kappa shape index (κ2) is 7.69. The Hall–Kier alpha value is -2.35. The number of aromatic nitrogens is 1. The number of aliphatic hydroxyl groups is 1. The summed E-state index contributed by atoms with van der Waals surface area (Å²) >= 11 is 0. The Kier molecular flexibility index (Phi) is 5.84. The third-order valence-electron chi connectivity index (χ3n) is 3.80. The van der Waals surface area contributed by atoms with Gasteiger partial charge in [-0.1, -0.05) is 6.07 Å². The van der Waals surface area contributed by atoms with E-state index in [-0.39, 0.29) is 0 Å². The summed E-state index contributed by atoms with van der Waals surface area (Å²) in [5.74, 6) is -0.567. The van der Waals surface area contributed by atoms with E-state index >= 15 is 0 Å². The Labute approximate surface area is 146 Å². The molecule has 3 N–H and O–H groups in total. The van der Waals surface area contributed by atoms with Gasteiger partial charge >= 0.3 is 12.1 Å². The van der Waals surface area contributed by atoms with Crippen LogP contribution in [0.5, 0.6) is 0 Å². The van der Waals surface area contributed by atoms with E-state index in [9.17, 15) is 19.8 Å². The predicted octanol–water partition coefficient (Wildman–Crippen LogP) is 1.69. The van der Waals surface area contributed by atoms with Gasteiger partial charge in [-0.15, -0.1) is 0 Å². The van der Waals surface area contributed by atoms with Gasteiger partial charge in [-0.05, 0) is 39.7 Å². The number of aliphatic carboxylic acids is 1. The zero-order chi connectivity index (χ0) is 18.6. The standard InChI is InChI=1S/C17H25N3O5/c1-17(2,3)25-16(24)19-13(15(22)23)14(21)11-6-7-12(18-10-11)20-8-4-5-9-20/h6-7,10,13-14,21H,4-5,8-9H2,1-3H3,(H,19,24)(H,22,23)/t13-,14-/m1/s1. The Bertz CT molecular complexity index is 606. The smallest absolute Gasteiger partial charge is 0.408 e. The number of hydrogen-bond acceptors (Lipinski definition) is 6. The topological polar surface area (TPSA) is 112 Å². The number of nitrogens with zero attached hydrogens (tertiary/aromatic N) is 2. The Morgan fingerprint density at radius 3 is 2.40 bits per heavy atom. The zero-order valence-electron chi connectivity index (χ0n) is 14.7. The normalized spacial score (nSPS) is 17.0. The first kappa shape index (κ1) is 19.0. The fourth-order valence-corrected chi connectivity index (χ4v) is 2.61. The maximum Gasteiger partial charge on any atom is 0.408 e. The lowest BCUT2D eigenvalue weighted by Crippen LogP contribution is -2.46. The molecule has 0 bridgehead atoms. The lowest BCUT2D eigenvalue weighted by Gasteiger charge is -2.24. The van der Waals surface area contributed by atoms with Crippen LogP contribution in [0.4, 0.5) is 10.6 Å². The van der Waals surface area contributed by atoms with E-state index in [1.807, 2.05) is 0 Å². The molecule has 2 atom stereocenters. The highest BCUT2D eigenvalue weighted by molar-refractivity contribution is 5.80. The van der Waals surface area contributed by atoms with Gasteiger partial charge in [0, 0.05) is 24.8 Å². The number of anilines is 1. The van der Waals surface area contributed by atoms with Crippen molar-refractivity contribution in [2.24, 2.45) is 0 Å². The predicted molar refractivity (Wildman–Crippen MR) is 91.4 cm³/mol. The highest BCUT2D eigenvalue weighted by Crippen LogP contribution is 2.22. The van der Waals surface area contributed by atoms with Gasteiger partial charge in [-0.2, -0.15) is 0 Å². The highest BCUT2D eigenvalue weighted by atomic mass is 16.6. The Morgan fingerprint density at radius 1 is 1.28 bits per heavy atom. The van der Waals surface area contributed by atoms with Crippen molar-refractivity contribution in [3.8, 4) is 0 Å². The zero-order valence-corrected chi connectivity index (χ0v) is 14.7. The minimum atomic E-state index is -1.53. The van der Waals surface area contributed by atoms with E-state index in [0.29, 0.717) is 5.56 Å². The Morgan fingerprint density at radius 2 is 1.92 bits per heavy atom. The van der Waals surface area contributed by atoms with Crippen molar-refractivity contribution in [1.82, 2.24) is 10.3 Å². The molecule has 25 heavy (non-hydrogen) atoms. The van der Waals surface area contributed by atoms with Crippen LogP contribution in [0.25, 0.3) is 0 Å². The van der Waals surface area contributed by atoms with E-state index in [1.165, 1.54) is 6.20 Å². The van der Waals surface area contributed by atoms with Gasteiger partial charge in [0.2, 0.25) is 0 Å². The minimum Gasteiger partial charge on any atom is -0.480 e. The van der Waals surface area contributed by atoms with Gasteiger partial charge in [0.05, 0.1) is 0 Å². The van der Waals surface area contributed by atoms with Gasteiger partial charge < -0.3 is 25.2 Å². The molecule has 8 heteroatoms. The molecule has 8 nitrogen and oxygen atoms in total. The third-order valence-corrected chi connectivity index (χ3v) is 3.80. The van der Waals surface area contributed by atoms with Crippen LogP contribution in [0.3, 0.4) is 0 Å². The summed E-state index contributed by atoms with van der Waals surface area (Å²) < 4.78 is 5.04. The number of ether oxygens (including phenoxy) is 1. The molecule has 1 fully saturated rings. The van der Waals surface area contributed by atoms with E-state index in [0.717, 1.165) is 31.7 Å². The van der Waals surface area contributed by atoms with Crippen LogP contribution in [-0.4, -0.2) is 52.0 Å². The number of aliphatic hydroxyl groups excluding tert-OH is 1. The summed E-state index contributed by atoms with van der Waals surface area (Å²) in [4.78, 5) is 29.7. The average Bonchev–Trinajstić information content (AvgIpc) is 3.04. The number of amides is 1. The summed E-state index contributed by atoms with van der Waals surface area (Å²) in [6.45, 7) is 6.87. The monoisotopic (exact) mass is 351 g/mol. The molecule has 0 radical (unpaired) electrons. The van der Waals surface area contributed by atoms with Crippen LogP contribution in [0.2, 0.25) is 0 Å². The van der Waals surface area contributed by atoms with E-state index in [4.69, 9.17) is 4.74 Å². The molecule has 138 valence electrons. The number of nitrogens with one attached hydrogen (secondary N) is 1. The second-order valence-corrected chi connectivity index (χ2v) is 7.05. The van der Waals surface area contributed by atoms with Crippen molar-refractivity contribution >= 4 is 17.9 Å². The van der Waals surface area contributed by atoms with Crippen LogP contribution < -0.4 is 10.2 Å². The molecular weight excluding hydrogens is 326 g/mol. The van der Waals surface area contributed by atoms with Crippen LogP contribution >= 0.6 is 0 Å². The third kappa shape index (κ3) is 5.32. The number of carbonyl (C=O) groups is 2. The van der Waals surface area contributed by atoms with Crippen LogP contribution in [-0.2, 0) is 9.53 Å². The molecule has 1 saturated heterocycles. The summed E-state index contributed by atoms with van der Waals surface area (Å²) in [6, 6.07) is 1.84. The number of hydrogen-bond donors (Lipinski definition) is 3. The minimum absolute atomic E-state index is 0.311. The molecule has 1 aliphatic rings. The fraction of sp³-hybridized carbons (Fsp3) is 0.588. The number of rotatable bonds is 5. The van der Waals surface area contributed by atoms with E-state index in [2.05, 4.69) is 15.2 Å². The highest BCUT2D eigenvalue weighted by Gasteiger charge is 2.31. The van der Waals surface area contributed by atoms with Gasteiger partial charge in [0.25, 0.3) is 0 Å². The Balaban J connectivity index is 2.07. The lowest BCUT2D eigenvalue weighted by molar-refractivity contribution is -0.142. The van der Waals surface area contributed by atoms with Gasteiger partial charge in [-0.25, -0.2) is 14.6 Å². The van der Waals surface area contributed by atoms with Gasteiger partial charge in [0.1, 0.15) is 17.5 Å². The fourth-order valence-electron chi connectivity index (χ4n) is 2.61. The molecule has 2 rings (SSSR count). The molecule has 0 aliphatic carbocycles. The van der Waals surface area contributed by atoms with Crippen molar-refractivity contribution in [2.75, 3.05) is 18.0 Å². The summed E-state index contributed by atoms with van der Waals surface area (Å²) in [5, 5.41) is 21.9. The molecule has 2 heterocycles. The number of pyridine rings is 1. The second-order valence-electron chi connectivity index (χ2n) is 7.05.